The molecule has 0 bridgehead atoms. The molecule has 4 nitrogen and oxygen atoms in total. The Morgan fingerprint density at radius 3 is 2.34 bits per heavy atom. The second-order valence-electron chi connectivity index (χ2n) is 7.77. The Labute approximate surface area is 179 Å². The largest absolute Gasteiger partial charge is 0.497 e. The Bertz CT molecular complexity index is 744. The number of morpholine rings is 1. The molecule has 29 heavy (non-hydrogen) atoms. The lowest BCUT2D eigenvalue weighted by atomic mass is 9.74. The average molecular weight is 418 g/mol. The zero-order valence-electron chi connectivity index (χ0n) is 17.4. The summed E-state index contributed by atoms with van der Waals surface area (Å²) in [4.78, 5) is 2.39. The monoisotopic (exact) mass is 417 g/mol. The Morgan fingerprint density at radius 2 is 1.76 bits per heavy atom. The van der Waals surface area contributed by atoms with E-state index in [2.05, 4.69) is 11.8 Å². The fraction of sp³-hybridized carbons (Fsp3) is 0.500. The third kappa shape index (κ3) is 5.52. The number of hydrogen-bond donors (Lipinski definition) is 1. The molecule has 0 aliphatic carbocycles. The molecule has 5 heteroatoms. The highest BCUT2D eigenvalue weighted by Crippen LogP contribution is 2.42. The van der Waals surface area contributed by atoms with Crippen LogP contribution in [0.3, 0.4) is 0 Å². The first-order valence-electron chi connectivity index (χ1n) is 10.5. The molecule has 2 aromatic rings. The topological polar surface area (TPSA) is 41.9 Å². The molecule has 1 fully saturated rings. The van der Waals surface area contributed by atoms with Crippen molar-refractivity contribution in [1.82, 2.24) is 4.90 Å². The average Bonchev–Trinajstić information content (AvgIpc) is 2.77. The molecule has 2 aromatic carbocycles. The molecule has 1 saturated heterocycles. The van der Waals surface area contributed by atoms with Crippen molar-refractivity contribution in [2.24, 2.45) is 0 Å². The molecule has 1 N–H and O–H groups in total. The first-order chi connectivity index (χ1) is 14.1. The van der Waals surface area contributed by atoms with Crippen molar-refractivity contribution >= 4 is 11.6 Å². The van der Waals surface area contributed by atoms with Crippen LogP contribution in [0.5, 0.6) is 5.75 Å². The Morgan fingerprint density at radius 1 is 1.10 bits per heavy atom. The van der Waals surface area contributed by atoms with Gasteiger partial charge in [-0.25, -0.2) is 0 Å². The van der Waals surface area contributed by atoms with Gasteiger partial charge in [0.25, 0.3) is 0 Å². The van der Waals surface area contributed by atoms with Crippen LogP contribution in [0.1, 0.15) is 43.2 Å². The zero-order valence-corrected chi connectivity index (χ0v) is 18.2. The highest BCUT2D eigenvalue weighted by atomic mass is 35.5. The van der Waals surface area contributed by atoms with Crippen LogP contribution in [0.25, 0.3) is 0 Å². The van der Waals surface area contributed by atoms with Crippen LogP contribution in [0.15, 0.2) is 48.5 Å². The van der Waals surface area contributed by atoms with E-state index in [1.807, 2.05) is 48.5 Å². The highest BCUT2D eigenvalue weighted by molar-refractivity contribution is 6.30. The van der Waals surface area contributed by atoms with Crippen LogP contribution in [0.2, 0.25) is 5.02 Å². The number of hydrogen-bond acceptors (Lipinski definition) is 4. The number of unbranched alkanes of at least 4 members (excludes halogenated alkanes) is 1. The van der Waals surface area contributed by atoms with Gasteiger partial charge in [-0.15, -0.1) is 0 Å². The number of halogens is 1. The lowest BCUT2D eigenvalue weighted by molar-refractivity contribution is -0.0293. The first kappa shape index (κ1) is 22.1. The van der Waals surface area contributed by atoms with Crippen molar-refractivity contribution in [2.45, 2.75) is 37.7 Å². The summed E-state index contributed by atoms with van der Waals surface area (Å²) in [5, 5.41) is 12.9. The van der Waals surface area contributed by atoms with Gasteiger partial charge in [-0.3, -0.25) is 4.90 Å². The van der Waals surface area contributed by atoms with E-state index in [0.29, 0.717) is 11.4 Å². The number of aliphatic hydroxyl groups is 1. The Hall–Kier alpha value is -1.59. The minimum absolute atomic E-state index is 0.0715. The number of nitrogens with zero attached hydrogens (tertiary/aromatic N) is 1. The van der Waals surface area contributed by atoms with Gasteiger partial charge in [-0.05, 0) is 41.8 Å². The maximum absolute atomic E-state index is 12.2. The number of ether oxygens (including phenoxy) is 2. The third-order valence-electron chi connectivity index (χ3n) is 5.89. The second kappa shape index (κ2) is 10.4. The molecule has 158 valence electrons. The second-order valence-corrected chi connectivity index (χ2v) is 8.21. The first-order valence-corrected chi connectivity index (χ1v) is 10.9. The summed E-state index contributed by atoms with van der Waals surface area (Å²) < 4.78 is 10.9. The van der Waals surface area contributed by atoms with E-state index in [0.717, 1.165) is 62.6 Å². The lowest BCUT2D eigenvalue weighted by Gasteiger charge is -2.41. The van der Waals surface area contributed by atoms with Gasteiger partial charge < -0.3 is 14.6 Å². The van der Waals surface area contributed by atoms with E-state index in [-0.39, 0.29) is 5.92 Å². The zero-order chi connectivity index (χ0) is 20.7. The highest BCUT2D eigenvalue weighted by Gasteiger charge is 2.40. The molecule has 2 unspecified atom stereocenters. The van der Waals surface area contributed by atoms with Gasteiger partial charge >= 0.3 is 0 Å². The molecule has 3 rings (SSSR count). The SMILES string of the molecule is CCCCC(O)(c1ccc(OC)cc1)C(CN1CCOCC1)c1ccc(Cl)cc1. The number of rotatable bonds is 9. The molecule has 0 aromatic heterocycles. The van der Waals surface area contributed by atoms with E-state index in [9.17, 15) is 5.11 Å². The normalized spacial score (nSPS) is 18.2. The maximum atomic E-state index is 12.2. The summed E-state index contributed by atoms with van der Waals surface area (Å²) in [6, 6.07) is 15.8. The number of methoxy groups -OCH3 is 1. The summed E-state index contributed by atoms with van der Waals surface area (Å²) in [7, 11) is 1.66. The van der Waals surface area contributed by atoms with Gasteiger partial charge in [-0.2, -0.15) is 0 Å². The Kier molecular flexibility index (Phi) is 7.96. The van der Waals surface area contributed by atoms with Crippen molar-refractivity contribution in [3.05, 3.63) is 64.7 Å². The fourth-order valence-corrected chi connectivity index (χ4v) is 4.24. The minimum Gasteiger partial charge on any atom is -0.497 e. The fourth-order valence-electron chi connectivity index (χ4n) is 4.11. The van der Waals surface area contributed by atoms with Gasteiger partial charge in [0.05, 0.1) is 25.9 Å². The van der Waals surface area contributed by atoms with E-state index >= 15 is 0 Å². The molecule has 2 atom stereocenters. The molecule has 0 amide bonds. The van der Waals surface area contributed by atoms with Crippen molar-refractivity contribution < 1.29 is 14.6 Å². The molecule has 0 spiro atoms. The van der Waals surface area contributed by atoms with Gasteiger partial charge in [0.15, 0.2) is 0 Å². The minimum atomic E-state index is -0.978. The van der Waals surface area contributed by atoms with E-state index in [4.69, 9.17) is 21.1 Å². The predicted octanol–water partition coefficient (Wildman–Crippen LogP) is 4.84. The molecular weight excluding hydrogens is 386 g/mol. The van der Waals surface area contributed by atoms with Gasteiger partial charge in [0.2, 0.25) is 0 Å². The molecule has 1 aliphatic rings. The van der Waals surface area contributed by atoms with Crippen molar-refractivity contribution in [3.63, 3.8) is 0 Å². The maximum Gasteiger partial charge on any atom is 0.118 e. The summed E-state index contributed by atoms with van der Waals surface area (Å²) in [5.74, 6) is 0.723. The number of benzene rings is 2. The predicted molar refractivity (Wildman–Crippen MR) is 118 cm³/mol. The molecule has 1 aliphatic heterocycles. The van der Waals surface area contributed by atoms with Gasteiger partial charge in [-0.1, -0.05) is 55.6 Å². The van der Waals surface area contributed by atoms with Crippen LogP contribution in [0.4, 0.5) is 0 Å². The van der Waals surface area contributed by atoms with Crippen LogP contribution >= 0.6 is 11.6 Å². The van der Waals surface area contributed by atoms with Crippen molar-refractivity contribution in [2.75, 3.05) is 40.0 Å². The summed E-state index contributed by atoms with van der Waals surface area (Å²) in [6.07, 6.45) is 2.69. The van der Waals surface area contributed by atoms with E-state index in [1.54, 1.807) is 7.11 Å². The van der Waals surface area contributed by atoms with Crippen LogP contribution in [-0.2, 0) is 10.3 Å². The van der Waals surface area contributed by atoms with Crippen LogP contribution in [0, 0.1) is 0 Å². The quantitative estimate of drug-likeness (QED) is 0.633. The summed E-state index contributed by atoms with van der Waals surface area (Å²) >= 11 is 6.15. The van der Waals surface area contributed by atoms with Gasteiger partial charge in [0.1, 0.15) is 5.75 Å². The lowest BCUT2D eigenvalue weighted by Crippen LogP contribution is -2.45. The van der Waals surface area contributed by atoms with Crippen LogP contribution < -0.4 is 4.74 Å². The summed E-state index contributed by atoms with van der Waals surface area (Å²) in [6.45, 7) is 6.19. The van der Waals surface area contributed by atoms with E-state index in [1.165, 1.54) is 0 Å². The smallest absolute Gasteiger partial charge is 0.118 e. The van der Waals surface area contributed by atoms with Crippen LogP contribution in [-0.4, -0.2) is 50.0 Å². The third-order valence-corrected chi connectivity index (χ3v) is 6.15. The van der Waals surface area contributed by atoms with Crippen molar-refractivity contribution in [1.29, 1.82) is 0 Å². The summed E-state index contributed by atoms with van der Waals surface area (Å²) in [5.41, 5.74) is 1.06. The molecule has 0 radical (unpaired) electrons. The standard InChI is InChI=1S/C24H32ClNO3/c1-3-4-13-24(27,20-7-11-22(28-2)12-8-20)23(18-26-14-16-29-17-15-26)19-5-9-21(25)10-6-19/h5-12,23,27H,3-4,13-18H2,1-2H3. The van der Waals surface area contributed by atoms with Crippen molar-refractivity contribution in [3.8, 4) is 5.75 Å². The molecule has 0 saturated carbocycles. The molecular formula is C24H32ClNO3. The molecule has 1 heterocycles. The Balaban J connectivity index is 2.00. The van der Waals surface area contributed by atoms with E-state index < -0.39 is 5.60 Å². The van der Waals surface area contributed by atoms with Gasteiger partial charge in [0, 0.05) is 30.6 Å².